The predicted octanol–water partition coefficient (Wildman–Crippen LogP) is 4.13. The number of rotatable bonds is 8. The molecular formula is C19H30FN3O2. The quantitative estimate of drug-likeness (QED) is 0.738. The van der Waals surface area contributed by atoms with Gasteiger partial charge >= 0.3 is 0 Å². The summed E-state index contributed by atoms with van der Waals surface area (Å²) in [6.07, 6.45) is 8.10. The second kappa shape index (κ2) is 9.02. The van der Waals surface area contributed by atoms with Gasteiger partial charge in [-0.15, -0.1) is 0 Å². The van der Waals surface area contributed by atoms with E-state index in [9.17, 15) is 9.18 Å². The summed E-state index contributed by atoms with van der Waals surface area (Å²) in [6.45, 7) is 4.52. The van der Waals surface area contributed by atoms with Crippen LogP contribution in [0.2, 0.25) is 0 Å². The molecule has 5 nitrogen and oxygen atoms in total. The Labute approximate surface area is 149 Å². The van der Waals surface area contributed by atoms with Crippen LogP contribution in [-0.4, -0.2) is 24.0 Å². The van der Waals surface area contributed by atoms with Crippen molar-refractivity contribution in [3.05, 3.63) is 17.4 Å². The second-order valence-electron chi connectivity index (χ2n) is 6.95. The summed E-state index contributed by atoms with van der Waals surface area (Å²) in [5, 5.41) is 3.18. The Kier molecular flexibility index (Phi) is 7.02. The first-order valence-electron chi connectivity index (χ1n) is 9.30. The van der Waals surface area contributed by atoms with Crippen LogP contribution in [0.25, 0.3) is 0 Å². The van der Waals surface area contributed by atoms with Crippen LogP contribution in [0.4, 0.5) is 10.2 Å². The van der Waals surface area contributed by atoms with Gasteiger partial charge < -0.3 is 15.8 Å². The Morgan fingerprint density at radius 1 is 1.40 bits per heavy atom. The molecule has 1 heterocycles. The fourth-order valence-electron chi connectivity index (χ4n) is 3.98. The number of pyridine rings is 1. The average molecular weight is 351 g/mol. The average Bonchev–Trinajstić information content (AvgIpc) is 2.61. The van der Waals surface area contributed by atoms with Crippen molar-refractivity contribution in [3.63, 3.8) is 0 Å². The highest BCUT2D eigenvalue weighted by Crippen LogP contribution is 2.35. The van der Waals surface area contributed by atoms with Crippen molar-refractivity contribution in [1.82, 2.24) is 4.98 Å². The Balaban J connectivity index is 2.01. The number of carbonyl (C=O) groups is 1. The van der Waals surface area contributed by atoms with Gasteiger partial charge in [-0.2, -0.15) is 4.98 Å². The highest BCUT2D eigenvalue weighted by molar-refractivity contribution is 5.95. The molecule has 1 amide bonds. The van der Waals surface area contributed by atoms with E-state index >= 15 is 0 Å². The smallest absolute Gasteiger partial charge is 0.254 e. The van der Waals surface area contributed by atoms with Gasteiger partial charge in [0.05, 0.1) is 7.11 Å². The second-order valence-corrected chi connectivity index (χ2v) is 6.95. The maximum absolute atomic E-state index is 14.3. The van der Waals surface area contributed by atoms with Gasteiger partial charge in [-0.3, -0.25) is 4.79 Å². The zero-order valence-corrected chi connectivity index (χ0v) is 15.5. The SMILES string of the molecule is CCCC(CC)C1CCC(Nc2nc(OC)c(C(N)=O)cc2F)CC1. The van der Waals surface area contributed by atoms with E-state index in [1.165, 1.54) is 26.4 Å². The van der Waals surface area contributed by atoms with Gasteiger partial charge in [-0.1, -0.05) is 33.1 Å². The minimum atomic E-state index is -0.753. The minimum Gasteiger partial charge on any atom is -0.480 e. The molecule has 1 aliphatic rings. The number of anilines is 1. The van der Waals surface area contributed by atoms with E-state index in [0.717, 1.165) is 43.6 Å². The predicted molar refractivity (Wildman–Crippen MR) is 97.3 cm³/mol. The monoisotopic (exact) mass is 351 g/mol. The zero-order valence-electron chi connectivity index (χ0n) is 15.5. The lowest BCUT2D eigenvalue weighted by atomic mass is 9.75. The molecule has 2 rings (SSSR count). The molecule has 1 saturated carbocycles. The van der Waals surface area contributed by atoms with Crippen molar-refractivity contribution in [3.8, 4) is 5.88 Å². The summed E-state index contributed by atoms with van der Waals surface area (Å²) in [7, 11) is 1.39. The summed E-state index contributed by atoms with van der Waals surface area (Å²) < 4.78 is 19.3. The van der Waals surface area contributed by atoms with Gasteiger partial charge in [-0.05, 0) is 43.6 Å². The zero-order chi connectivity index (χ0) is 18.4. The molecule has 1 aromatic heterocycles. The van der Waals surface area contributed by atoms with E-state index in [1.54, 1.807) is 0 Å². The lowest BCUT2D eigenvalue weighted by Gasteiger charge is -2.34. The van der Waals surface area contributed by atoms with Gasteiger partial charge in [-0.25, -0.2) is 4.39 Å². The summed E-state index contributed by atoms with van der Waals surface area (Å²) in [6, 6.07) is 1.29. The van der Waals surface area contributed by atoms with Crippen molar-refractivity contribution in [1.29, 1.82) is 0 Å². The molecule has 0 saturated heterocycles. The van der Waals surface area contributed by atoms with Crippen LogP contribution in [0.3, 0.4) is 0 Å². The molecule has 25 heavy (non-hydrogen) atoms. The first-order valence-corrected chi connectivity index (χ1v) is 9.30. The molecule has 140 valence electrons. The third kappa shape index (κ3) is 4.83. The van der Waals surface area contributed by atoms with Gasteiger partial charge in [0.1, 0.15) is 5.56 Å². The van der Waals surface area contributed by atoms with Crippen LogP contribution in [0, 0.1) is 17.7 Å². The van der Waals surface area contributed by atoms with Crippen molar-refractivity contribution < 1.29 is 13.9 Å². The molecule has 1 aliphatic carbocycles. The number of hydrogen-bond donors (Lipinski definition) is 2. The molecule has 0 radical (unpaired) electrons. The first-order chi connectivity index (χ1) is 12.0. The Hall–Kier alpha value is -1.85. The minimum absolute atomic E-state index is 0.0420. The maximum Gasteiger partial charge on any atom is 0.254 e. The number of hydrogen-bond acceptors (Lipinski definition) is 4. The topological polar surface area (TPSA) is 77.2 Å². The van der Waals surface area contributed by atoms with Crippen LogP contribution < -0.4 is 15.8 Å². The van der Waals surface area contributed by atoms with E-state index in [0.29, 0.717) is 0 Å². The number of carbonyl (C=O) groups excluding carboxylic acids is 1. The van der Waals surface area contributed by atoms with Crippen LogP contribution in [0.5, 0.6) is 5.88 Å². The van der Waals surface area contributed by atoms with Gasteiger partial charge in [0.25, 0.3) is 5.91 Å². The largest absolute Gasteiger partial charge is 0.480 e. The molecule has 0 spiro atoms. The molecule has 1 atom stereocenters. The van der Waals surface area contributed by atoms with Crippen LogP contribution >= 0.6 is 0 Å². The summed E-state index contributed by atoms with van der Waals surface area (Å²) in [5.41, 5.74) is 5.19. The van der Waals surface area contributed by atoms with Crippen molar-refractivity contribution >= 4 is 11.7 Å². The highest BCUT2D eigenvalue weighted by Gasteiger charge is 2.27. The standard InChI is InChI=1S/C19H30FN3O2/c1-4-6-12(5-2)13-7-9-14(10-8-13)22-18-16(20)11-15(17(21)24)19(23-18)25-3/h11-14H,4-10H2,1-3H3,(H2,21,24)(H,22,23). The number of nitrogens with one attached hydrogen (secondary N) is 1. The number of ether oxygens (including phenoxy) is 1. The lowest BCUT2D eigenvalue weighted by molar-refractivity contribution is 0.0996. The molecule has 0 aliphatic heterocycles. The van der Waals surface area contributed by atoms with Crippen molar-refractivity contribution in [2.75, 3.05) is 12.4 Å². The third-order valence-corrected chi connectivity index (χ3v) is 5.36. The summed E-state index contributed by atoms with van der Waals surface area (Å²) in [5.74, 6) is 0.430. The van der Waals surface area contributed by atoms with Gasteiger partial charge in [0.15, 0.2) is 11.6 Å². The number of nitrogens with two attached hydrogens (primary N) is 1. The number of nitrogens with zero attached hydrogens (tertiary/aromatic N) is 1. The van der Waals surface area contributed by atoms with Crippen LogP contribution in [0.15, 0.2) is 6.07 Å². The number of primary amides is 1. The molecule has 6 heteroatoms. The van der Waals surface area contributed by atoms with Crippen LogP contribution in [0.1, 0.15) is 69.2 Å². The van der Waals surface area contributed by atoms with E-state index in [-0.39, 0.29) is 23.3 Å². The number of amides is 1. The molecule has 1 unspecified atom stereocenters. The van der Waals surface area contributed by atoms with Gasteiger partial charge in [0, 0.05) is 6.04 Å². The Morgan fingerprint density at radius 3 is 2.60 bits per heavy atom. The number of methoxy groups -OCH3 is 1. The van der Waals surface area contributed by atoms with E-state index in [4.69, 9.17) is 10.5 Å². The van der Waals surface area contributed by atoms with E-state index in [1.807, 2.05) is 0 Å². The van der Waals surface area contributed by atoms with E-state index in [2.05, 4.69) is 24.1 Å². The number of aromatic nitrogens is 1. The summed E-state index contributed by atoms with van der Waals surface area (Å²) >= 11 is 0. The Morgan fingerprint density at radius 2 is 2.08 bits per heavy atom. The molecule has 0 bridgehead atoms. The fraction of sp³-hybridized carbons (Fsp3) is 0.684. The van der Waals surface area contributed by atoms with Gasteiger partial charge in [0.2, 0.25) is 5.88 Å². The molecule has 1 fully saturated rings. The van der Waals surface area contributed by atoms with Crippen molar-refractivity contribution in [2.45, 2.75) is 64.8 Å². The van der Waals surface area contributed by atoms with E-state index < -0.39 is 11.7 Å². The molecule has 1 aromatic rings. The Bertz CT molecular complexity index is 586. The molecular weight excluding hydrogens is 321 g/mol. The highest BCUT2D eigenvalue weighted by atomic mass is 19.1. The fourth-order valence-corrected chi connectivity index (χ4v) is 3.98. The molecule has 0 aromatic carbocycles. The summed E-state index contributed by atoms with van der Waals surface area (Å²) in [4.78, 5) is 15.4. The van der Waals surface area contributed by atoms with Crippen LogP contribution in [-0.2, 0) is 0 Å². The maximum atomic E-state index is 14.3. The third-order valence-electron chi connectivity index (χ3n) is 5.36. The van der Waals surface area contributed by atoms with Crippen molar-refractivity contribution in [2.24, 2.45) is 17.6 Å². The molecule has 3 N–H and O–H groups in total. The first kappa shape index (κ1) is 19.5. The number of halogens is 1. The normalized spacial score (nSPS) is 21.6. The lowest BCUT2D eigenvalue weighted by Crippen LogP contribution is -2.30.